The second-order valence-corrected chi connectivity index (χ2v) is 9.99. The Hall–Kier alpha value is -2.86. The number of ether oxygens (including phenoxy) is 1. The molecule has 0 unspecified atom stereocenters. The molecule has 1 fully saturated rings. The number of aromatic hydroxyl groups is 1. The first-order valence-electron chi connectivity index (χ1n) is 11.1. The van der Waals surface area contributed by atoms with E-state index in [0.29, 0.717) is 5.13 Å². The number of nitrogens with one attached hydrogen (secondary N) is 1. The SMILES string of the molecule is COc1ccc(-c2sc(NC(=O)C3CCCC3)nc2C)cc1C(C)(C)c1ccc(O)cc1. The van der Waals surface area contributed by atoms with Crippen molar-refractivity contribution in [3.8, 4) is 21.9 Å². The van der Waals surface area contributed by atoms with E-state index in [1.807, 2.05) is 31.2 Å². The van der Waals surface area contributed by atoms with Crippen LogP contribution in [0.4, 0.5) is 5.13 Å². The molecule has 168 valence electrons. The fourth-order valence-electron chi connectivity index (χ4n) is 4.48. The largest absolute Gasteiger partial charge is 0.508 e. The van der Waals surface area contributed by atoms with Crippen LogP contribution < -0.4 is 10.1 Å². The van der Waals surface area contributed by atoms with Crippen molar-refractivity contribution in [1.29, 1.82) is 0 Å². The third kappa shape index (κ3) is 4.37. The van der Waals surface area contributed by atoms with Crippen LogP contribution in [0.2, 0.25) is 0 Å². The number of carbonyl (C=O) groups is 1. The van der Waals surface area contributed by atoms with E-state index in [1.165, 1.54) is 11.3 Å². The molecule has 0 spiro atoms. The zero-order valence-electron chi connectivity index (χ0n) is 19.1. The van der Waals surface area contributed by atoms with Crippen LogP contribution in [0.3, 0.4) is 0 Å². The molecule has 1 heterocycles. The quantitative estimate of drug-likeness (QED) is 0.463. The molecule has 0 bridgehead atoms. The molecule has 2 aromatic carbocycles. The van der Waals surface area contributed by atoms with Gasteiger partial charge in [-0.25, -0.2) is 4.98 Å². The molecule has 0 aliphatic heterocycles. The lowest BCUT2D eigenvalue weighted by molar-refractivity contribution is -0.119. The Balaban J connectivity index is 1.67. The highest BCUT2D eigenvalue weighted by Gasteiger charge is 2.28. The zero-order chi connectivity index (χ0) is 22.9. The van der Waals surface area contributed by atoms with Crippen LogP contribution >= 0.6 is 11.3 Å². The Morgan fingerprint density at radius 3 is 2.50 bits per heavy atom. The molecule has 0 saturated heterocycles. The Kier molecular flexibility index (Phi) is 6.24. The Morgan fingerprint density at radius 1 is 1.16 bits per heavy atom. The molecule has 1 aliphatic rings. The lowest BCUT2D eigenvalue weighted by Gasteiger charge is -2.28. The maximum atomic E-state index is 12.5. The Labute approximate surface area is 193 Å². The number of hydrogen-bond acceptors (Lipinski definition) is 5. The van der Waals surface area contributed by atoms with Gasteiger partial charge in [-0.15, -0.1) is 0 Å². The number of methoxy groups -OCH3 is 1. The van der Waals surface area contributed by atoms with E-state index >= 15 is 0 Å². The highest BCUT2D eigenvalue weighted by Crippen LogP contribution is 2.42. The summed E-state index contributed by atoms with van der Waals surface area (Å²) in [6, 6.07) is 13.5. The van der Waals surface area contributed by atoms with Crippen LogP contribution in [0, 0.1) is 12.8 Å². The normalized spacial score (nSPS) is 14.5. The van der Waals surface area contributed by atoms with E-state index in [1.54, 1.807) is 19.2 Å². The zero-order valence-corrected chi connectivity index (χ0v) is 19.9. The van der Waals surface area contributed by atoms with Crippen LogP contribution in [0.25, 0.3) is 10.4 Å². The van der Waals surface area contributed by atoms with Gasteiger partial charge in [-0.1, -0.05) is 50.2 Å². The fourth-order valence-corrected chi connectivity index (χ4v) is 5.45. The number of rotatable bonds is 6. The number of carbonyl (C=O) groups excluding carboxylic acids is 1. The standard InChI is InChI=1S/C26H30N2O3S/c1-16-23(32-25(27-16)28-24(30)17-7-5-6-8-17)18-9-14-22(31-4)21(15-18)26(2,3)19-10-12-20(29)13-11-19/h9-15,17,29H,5-8H2,1-4H3,(H,27,28,30). The summed E-state index contributed by atoms with van der Waals surface area (Å²) >= 11 is 1.51. The summed E-state index contributed by atoms with van der Waals surface area (Å²) in [7, 11) is 1.68. The van der Waals surface area contributed by atoms with Gasteiger partial charge in [0.15, 0.2) is 5.13 Å². The highest BCUT2D eigenvalue weighted by molar-refractivity contribution is 7.19. The first kappa shape index (κ1) is 22.3. The van der Waals surface area contributed by atoms with E-state index in [0.717, 1.165) is 58.7 Å². The molecule has 6 heteroatoms. The van der Waals surface area contributed by atoms with Gasteiger partial charge in [0.1, 0.15) is 11.5 Å². The number of amides is 1. The van der Waals surface area contributed by atoms with Crippen LogP contribution in [-0.4, -0.2) is 23.1 Å². The maximum absolute atomic E-state index is 12.5. The first-order chi connectivity index (χ1) is 15.3. The molecule has 5 nitrogen and oxygen atoms in total. The summed E-state index contributed by atoms with van der Waals surface area (Å²) in [4.78, 5) is 18.2. The number of phenols is 1. The first-order valence-corrected chi connectivity index (χ1v) is 11.9. The average molecular weight is 451 g/mol. The van der Waals surface area contributed by atoms with Gasteiger partial charge in [-0.05, 0) is 61.2 Å². The second kappa shape index (κ2) is 8.94. The van der Waals surface area contributed by atoms with Gasteiger partial charge < -0.3 is 15.2 Å². The molecule has 4 rings (SSSR count). The van der Waals surface area contributed by atoms with Crippen molar-refractivity contribution >= 4 is 22.4 Å². The summed E-state index contributed by atoms with van der Waals surface area (Å²) in [6.45, 7) is 6.27. The number of aryl methyl sites for hydroxylation is 1. The van der Waals surface area contributed by atoms with Crippen molar-refractivity contribution in [2.45, 2.75) is 51.9 Å². The number of phenolic OH excluding ortho intramolecular Hbond substituents is 1. The van der Waals surface area contributed by atoms with Crippen LogP contribution in [-0.2, 0) is 10.2 Å². The molecule has 2 N–H and O–H groups in total. The molecule has 3 aromatic rings. The third-order valence-corrected chi connectivity index (χ3v) is 7.60. The van der Waals surface area contributed by atoms with Crippen molar-refractivity contribution in [2.24, 2.45) is 5.92 Å². The summed E-state index contributed by atoms with van der Waals surface area (Å²) in [5.74, 6) is 1.26. The Morgan fingerprint density at radius 2 is 1.84 bits per heavy atom. The van der Waals surface area contributed by atoms with E-state index in [9.17, 15) is 9.90 Å². The smallest absolute Gasteiger partial charge is 0.229 e. The van der Waals surface area contributed by atoms with Gasteiger partial charge in [0.05, 0.1) is 17.7 Å². The summed E-state index contributed by atoms with van der Waals surface area (Å²) in [5, 5.41) is 13.4. The monoisotopic (exact) mass is 450 g/mol. The molecule has 1 amide bonds. The van der Waals surface area contributed by atoms with Gasteiger partial charge >= 0.3 is 0 Å². The van der Waals surface area contributed by atoms with Crippen molar-refractivity contribution in [3.05, 3.63) is 59.3 Å². The number of aromatic nitrogens is 1. The number of benzene rings is 2. The molecule has 0 atom stereocenters. The number of nitrogens with zero attached hydrogens (tertiary/aromatic N) is 1. The maximum Gasteiger partial charge on any atom is 0.229 e. The van der Waals surface area contributed by atoms with Gasteiger partial charge in [0.25, 0.3) is 0 Å². The molecular weight excluding hydrogens is 420 g/mol. The molecule has 0 radical (unpaired) electrons. The lowest BCUT2D eigenvalue weighted by atomic mass is 9.77. The van der Waals surface area contributed by atoms with Gasteiger partial charge in [-0.3, -0.25) is 4.79 Å². The van der Waals surface area contributed by atoms with Crippen molar-refractivity contribution < 1.29 is 14.6 Å². The lowest BCUT2D eigenvalue weighted by Crippen LogP contribution is -2.20. The molecule has 1 saturated carbocycles. The minimum absolute atomic E-state index is 0.0895. The third-order valence-electron chi connectivity index (χ3n) is 6.48. The van der Waals surface area contributed by atoms with Crippen molar-refractivity contribution in [1.82, 2.24) is 4.98 Å². The Bertz CT molecular complexity index is 1110. The van der Waals surface area contributed by atoms with E-state index < -0.39 is 0 Å². The van der Waals surface area contributed by atoms with Crippen LogP contribution in [0.1, 0.15) is 56.4 Å². The van der Waals surface area contributed by atoms with Gasteiger partial charge in [0, 0.05) is 16.9 Å². The summed E-state index contributed by atoms with van der Waals surface area (Å²) in [5.41, 5.74) is 3.73. The fraction of sp³-hybridized carbons (Fsp3) is 0.385. The predicted octanol–water partition coefficient (Wildman–Crippen LogP) is 6.29. The van der Waals surface area contributed by atoms with Crippen LogP contribution in [0.15, 0.2) is 42.5 Å². The molecule has 32 heavy (non-hydrogen) atoms. The summed E-state index contributed by atoms with van der Waals surface area (Å²) in [6.07, 6.45) is 4.20. The number of hydrogen-bond donors (Lipinski definition) is 2. The average Bonchev–Trinajstić information content (AvgIpc) is 3.43. The summed E-state index contributed by atoms with van der Waals surface area (Å²) < 4.78 is 5.69. The number of thiazole rings is 1. The van der Waals surface area contributed by atoms with Gasteiger partial charge in [0.2, 0.25) is 5.91 Å². The topological polar surface area (TPSA) is 71.5 Å². The van der Waals surface area contributed by atoms with Gasteiger partial charge in [-0.2, -0.15) is 0 Å². The second-order valence-electron chi connectivity index (χ2n) is 8.99. The predicted molar refractivity (Wildman–Crippen MR) is 130 cm³/mol. The number of anilines is 1. The van der Waals surface area contributed by atoms with E-state index in [-0.39, 0.29) is 23.0 Å². The van der Waals surface area contributed by atoms with Crippen molar-refractivity contribution in [2.75, 3.05) is 12.4 Å². The molecule has 1 aromatic heterocycles. The highest BCUT2D eigenvalue weighted by atomic mass is 32.1. The van der Waals surface area contributed by atoms with Crippen molar-refractivity contribution in [3.63, 3.8) is 0 Å². The molecule has 1 aliphatic carbocycles. The van der Waals surface area contributed by atoms with E-state index in [2.05, 4.69) is 30.2 Å². The van der Waals surface area contributed by atoms with Crippen LogP contribution in [0.5, 0.6) is 11.5 Å². The minimum atomic E-state index is -0.340. The molecular formula is C26H30N2O3S. The van der Waals surface area contributed by atoms with E-state index in [4.69, 9.17) is 4.74 Å². The minimum Gasteiger partial charge on any atom is -0.508 e.